The Bertz CT molecular complexity index is 210. The quantitative estimate of drug-likeness (QED) is 0.522. The van der Waals surface area contributed by atoms with E-state index in [9.17, 15) is 0 Å². The SMILES string of the molecule is Nc1n[nH]c(CCCCO)n1. The zero-order valence-electron chi connectivity index (χ0n) is 6.25. The molecule has 11 heavy (non-hydrogen) atoms. The molecule has 0 saturated heterocycles. The third-order valence-corrected chi connectivity index (χ3v) is 1.37. The predicted octanol–water partition coefficient (Wildman–Crippen LogP) is -0.298. The number of nitrogens with one attached hydrogen (secondary N) is 1. The molecule has 0 amide bonds. The summed E-state index contributed by atoms with van der Waals surface area (Å²) in [6, 6.07) is 0. The molecule has 62 valence electrons. The van der Waals surface area contributed by atoms with Gasteiger partial charge in [-0.25, -0.2) is 0 Å². The summed E-state index contributed by atoms with van der Waals surface area (Å²) in [5.41, 5.74) is 5.28. The van der Waals surface area contributed by atoms with Gasteiger partial charge in [0.1, 0.15) is 5.82 Å². The van der Waals surface area contributed by atoms with Crippen LogP contribution in [0.15, 0.2) is 0 Å². The van der Waals surface area contributed by atoms with Gasteiger partial charge >= 0.3 is 0 Å². The Hall–Kier alpha value is -1.10. The van der Waals surface area contributed by atoms with Gasteiger partial charge in [0.05, 0.1) is 0 Å². The fourth-order valence-electron chi connectivity index (χ4n) is 0.826. The summed E-state index contributed by atoms with van der Waals surface area (Å²) in [5, 5.41) is 14.8. The van der Waals surface area contributed by atoms with Gasteiger partial charge in [-0.15, -0.1) is 5.10 Å². The molecule has 0 spiro atoms. The summed E-state index contributed by atoms with van der Waals surface area (Å²) in [5.74, 6) is 1.07. The first-order valence-corrected chi connectivity index (χ1v) is 3.60. The first-order valence-electron chi connectivity index (χ1n) is 3.60. The van der Waals surface area contributed by atoms with E-state index >= 15 is 0 Å². The molecule has 4 N–H and O–H groups in total. The first-order chi connectivity index (χ1) is 5.33. The van der Waals surface area contributed by atoms with Crippen molar-refractivity contribution in [3.05, 3.63) is 5.82 Å². The fourth-order valence-corrected chi connectivity index (χ4v) is 0.826. The van der Waals surface area contributed by atoms with Gasteiger partial charge in [0, 0.05) is 13.0 Å². The average Bonchev–Trinajstić information content (AvgIpc) is 2.37. The minimum atomic E-state index is 0.226. The lowest BCUT2D eigenvalue weighted by Gasteiger charge is -1.92. The normalized spacial score (nSPS) is 10.3. The molecule has 1 rings (SSSR count). The molecule has 0 aliphatic rings. The molecule has 0 fully saturated rings. The summed E-state index contributed by atoms with van der Waals surface area (Å²) in [6.45, 7) is 0.226. The summed E-state index contributed by atoms with van der Waals surface area (Å²) < 4.78 is 0. The summed E-state index contributed by atoms with van der Waals surface area (Å²) in [4.78, 5) is 3.91. The molecular weight excluding hydrogens is 144 g/mol. The van der Waals surface area contributed by atoms with Crippen LogP contribution < -0.4 is 5.73 Å². The van der Waals surface area contributed by atoms with Crippen molar-refractivity contribution in [3.8, 4) is 0 Å². The number of nitrogens with zero attached hydrogens (tertiary/aromatic N) is 2. The molecule has 0 saturated carbocycles. The summed E-state index contributed by atoms with van der Waals surface area (Å²) >= 11 is 0. The molecule has 5 nitrogen and oxygen atoms in total. The number of nitrogens with two attached hydrogens (primary N) is 1. The van der Waals surface area contributed by atoms with E-state index in [4.69, 9.17) is 10.8 Å². The lowest BCUT2D eigenvalue weighted by molar-refractivity contribution is 0.284. The first kappa shape index (κ1) is 8.00. The minimum Gasteiger partial charge on any atom is -0.396 e. The van der Waals surface area contributed by atoms with Crippen LogP contribution in [0.25, 0.3) is 0 Å². The highest BCUT2D eigenvalue weighted by Crippen LogP contribution is 1.99. The van der Waals surface area contributed by atoms with E-state index in [2.05, 4.69) is 15.2 Å². The van der Waals surface area contributed by atoms with E-state index in [0.29, 0.717) is 0 Å². The Kier molecular flexibility index (Phi) is 2.85. The summed E-state index contributed by atoms with van der Waals surface area (Å²) in [6.07, 6.45) is 2.50. The number of aromatic amines is 1. The van der Waals surface area contributed by atoms with Gasteiger partial charge in [-0.2, -0.15) is 4.98 Å². The van der Waals surface area contributed by atoms with Crippen LogP contribution in [0.4, 0.5) is 5.95 Å². The second kappa shape index (κ2) is 3.92. The molecule has 1 aromatic rings. The monoisotopic (exact) mass is 156 g/mol. The highest BCUT2D eigenvalue weighted by molar-refractivity contribution is 5.12. The molecule has 0 aliphatic heterocycles. The van der Waals surface area contributed by atoms with Crippen LogP contribution in [0.3, 0.4) is 0 Å². The number of unbranched alkanes of at least 4 members (excludes halogenated alkanes) is 1. The van der Waals surface area contributed by atoms with Crippen molar-refractivity contribution in [1.29, 1.82) is 0 Å². The molecule has 1 heterocycles. The van der Waals surface area contributed by atoms with Gasteiger partial charge in [0.25, 0.3) is 0 Å². The second-order valence-corrected chi connectivity index (χ2v) is 2.32. The van der Waals surface area contributed by atoms with Crippen LogP contribution >= 0.6 is 0 Å². The number of aromatic nitrogens is 3. The van der Waals surface area contributed by atoms with Gasteiger partial charge in [0.2, 0.25) is 5.95 Å². The molecule has 1 aromatic heterocycles. The number of rotatable bonds is 4. The number of hydrogen-bond donors (Lipinski definition) is 3. The molecular formula is C6H12N4O. The highest BCUT2D eigenvalue weighted by atomic mass is 16.2. The Morgan fingerprint density at radius 1 is 1.45 bits per heavy atom. The molecule has 0 unspecified atom stereocenters. The van der Waals surface area contributed by atoms with Crippen molar-refractivity contribution in [2.24, 2.45) is 0 Å². The third kappa shape index (κ3) is 2.55. The Morgan fingerprint density at radius 3 is 2.82 bits per heavy atom. The topological polar surface area (TPSA) is 87.8 Å². The van der Waals surface area contributed by atoms with E-state index in [0.717, 1.165) is 25.1 Å². The second-order valence-electron chi connectivity index (χ2n) is 2.32. The van der Waals surface area contributed by atoms with Crippen LogP contribution in [0.5, 0.6) is 0 Å². The standard InChI is InChI=1S/C6H12N4O/c7-6-8-5(9-10-6)3-1-2-4-11/h11H,1-4H2,(H3,7,8,9,10). The number of nitrogen functional groups attached to an aromatic ring is 1. The van der Waals surface area contributed by atoms with E-state index < -0.39 is 0 Å². The van der Waals surface area contributed by atoms with Crippen LogP contribution in [-0.4, -0.2) is 26.9 Å². The number of anilines is 1. The highest BCUT2D eigenvalue weighted by Gasteiger charge is 1.97. The molecule has 0 aromatic carbocycles. The van der Waals surface area contributed by atoms with E-state index in [-0.39, 0.29) is 12.6 Å². The third-order valence-electron chi connectivity index (χ3n) is 1.37. The van der Waals surface area contributed by atoms with E-state index in [1.54, 1.807) is 0 Å². The lowest BCUT2D eigenvalue weighted by Crippen LogP contribution is -1.91. The smallest absolute Gasteiger partial charge is 0.239 e. The van der Waals surface area contributed by atoms with Gasteiger partial charge in [0.15, 0.2) is 0 Å². The summed E-state index contributed by atoms with van der Waals surface area (Å²) in [7, 11) is 0. The maximum atomic E-state index is 8.48. The van der Waals surface area contributed by atoms with Crippen molar-refractivity contribution in [1.82, 2.24) is 15.2 Å². The number of H-pyrrole nitrogens is 1. The van der Waals surface area contributed by atoms with Gasteiger partial charge in [-0.1, -0.05) is 0 Å². The van der Waals surface area contributed by atoms with E-state index in [1.165, 1.54) is 0 Å². The largest absolute Gasteiger partial charge is 0.396 e. The van der Waals surface area contributed by atoms with Crippen molar-refractivity contribution in [2.45, 2.75) is 19.3 Å². The Morgan fingerprint density at radius 2 is 2.27 bits per heavy atom. The number of aryl methyl sites for hydroxylation is 1. The number of aliphatic hydroxyl groups excluding tert-OH is 1. The number of hydrogen-bond acceptors (Lipinski definition) is 4. The molecule has 0 radical (unpaired) electrons. The van der Waals surface area contributed by atoms with Crippen LogP contribution in [-0.2, 0) is 6.42 Å². The zero-order valence-corrected chi connectivity index (χ0v) is 6.25. The Labute approximate surface area is 64.6 Å². The predicted molar refractivity (Wildman–Crippen MR) is 40.8 cm³/mol. The zero-order chi connectivity index (χ0) is 8.10. The van der Waals surface area contributed by atoms with Crippen LogP contribution in [0, 0.1) is 0 Å². The molecule has 0 bridgehead atoms. The lowest BCUT2D eigenvalue weighted by atomic mass is 10.2. The Balaban J connectivity index is 2.27. The van der Waals surface area contributed by atoms with Gasteiger partial charge in [-0.05, 0) is 12.8 Å². The maximum absolute atomic E-state index is 8.48. The van der Waals surface area contributed by atoms with Crippen molar-refractivity contribution >= 4 is 5.95 Å². The molecule has 0 aliphatic carbocycles. The fraction of sp³-hybridized carbons (Fsp3) is 0.667. The van der Waals surface area contributed by atoms with Crippen LogP contribution in [0.1, 0.15) is 18.7 Å². The average molecular weight is 156 g/mol. The molecule has 0 atom stereocenters. The van der Waals surface area contributed by atoms with Gasteiger partial charge < -0.3 is 10.8 Å². The maximum Gasteiger partial charge on any atom is 0.239 e. The van der Waals surface area contributed by atoms with Crippen molar-refractivity contribution in [2.75, 3.05) is 12.3 Å². The van der Waals surface area contributed by atoms with E-state index in [1.807, 2.05) is 0 Å². The minimum absolute atomic E-state index is 0.226. The number of aliphatic hydroxyl groups is 1. The van der Waals surface area contributed by atoms with Crippen LogP contribution in [0.2, 0.25) is 0 Å². The van der Waals surface area contributed by atoms with Crippen molar-refractivity contribution in [3.63, 3.8) is 0 Å². The molecule has 5 heteroatoms. The van der Waals surface area contributed by atoms with Gasteiger partial charge in [-0.3, -0.25) is 5.10 Å². The van der Waals surface area contributed by atoms with Crippen molar-refractivity contribution < 1.29 is 5.11 Å².